The Morgan fingerprint density at radius 2 is 1.79 bits per heavy atom. The maximum Gasteiger partial charge on any atom is 0.254 e. The van der Waals surface area contributed by atoms with Gasteiger partial charge in [0.05, 0.1) is 12.6 Å². The molecular weight excluding hydrogens is 378 g/mol. The summed E-state index contributed by atoms with van der Waals surface area (Å²) in [5.41, 5.74) is 1.84. The summed E-state index contributed by atoms with van der Waals surface area (Å²) in [5.74, 6) is 0.249. The fraction of sp³-hybridized carbons (Fsp3) is 0.182. The van der Waals surface area contributed by atoms with E-state index in [1.807, 2.05) is 12.1 Å². The lowest BCUT2D eigenvalue weighted by molar-refractivity contribution is 0.0970. The van der Waals surface area contributed by atoms with Gasteiger partial charge in [0.1, 0.15) is 12.4 Å². The Hall–Kier alpha value is -2.89. The van der Waals surface area contributed by atoms with Gasteiger partial charge in [-0.05, 0) is 36.2 Å². The Kier molecular flexibility index (Phi) is 6.29. The minimum Gasteiger partial charge on any atom is -0.489 e. The number of rotatable bonds is 7. The van der Waals surface area contributed by atoms with Crippen LogP contribution in [0.3, 0.4) is 0 Å². The first-order valence-corrected chi connectivity index (χ1v) is 9.19. The summed E-state index contributed by atoms with van der Waals surface area (Å²) in [6.07, 6.45) is 0.953. The fourth-order valence-electron chi connectivity index (χ4n) is 2.65. The summed E-state index contributed by atoms with van der Waals surface area (Å²) in [6, 6.07) is 17.0. The van der Waals surface area contributed by atoms with Crippen molar-refractivity contribution < 1.29 is 14.6 Å². The molecule has 0 saturated carbocycles. The molecule has 1 unspecified atom stereocenters. The average Bonchev–Trinajstić information content (AvgIpc) is 2.69. The van der Waals surface area contributed by atoms with Gasteiger partial charge < -0.3 is 14.4 Å². The largest absolute Gasteiger partial charge is 0.489 e. The number of hydrogen-bond donors (Lipinski definition) is 1. The Bertz CT molecular complexity index is 1010. The van der Waals surface area contributed by atoms with Crippen LogP contribution >= 0.6 is 11.6 Å². The van der Waals surface area contributed by atoms with Crippen molar-refractivity contribution in [3.05, 3.63) is 98.9 Å². The predicted octanol–water partition coefficient (Wildman–Crippen LogP) is 4.02. The minimum atomic E-state index is -0.591. The summed E-state index contributed by atoms with van der Waals surface area (Å²) in [4.78, 5) is 24.7. The monoisotopic (exact) mass is 397 g/mol. The van der Waals surface area contributed by atoms with Gasteiger partial charge in [0, 0.05) is 22.8 Å². The van der Waals surface area contributed by atoms with Crippen molar-refractivity contribution in [2.24, 2.45) is 0 Å². The average molecular weight is 398 g/mol. The lowest BCUT2D eigenvalue weighted by Crippen LogP contribution is -2.23. The molecule has 0 spiro atoms. The number of halogens is 1. The van der Waals surface area contributed by atoms with Crippen molar-refractivity contribution >= 4 is 17.4 Å². The number of hydrogen-bond acceptors (Lipinski definition) is 4. The first kappa shape index (κ1) is 19.9. The second-order valence-corrected chi connectivity index (χ2v) is 6.90. The molecule has 1 aromatic heterocycles. The molecule has 0 saturated heterocycles. The van der Waals surface area contributed by atoms with Crippen LogP contribution in [0.25, 0.3) is 0 Å². The highest BCUT2D eigenvalue weighted by molar-refractivity contribution is 6.30. The van der Waals surface area contributed by atoms with Gasteiger partial charge in [-0.2, -0.15) is 0 Å². The van der Waals surface area contributed by atoms with Crippen LogP contribution in [0.2, 0.25) is 5.02 Å². The molecule has 5 nitrogen and oxygen atoms in total. The smallest absolute Gasteiger partial charge is 0.254 e. The van der Waals surface area contributed by atoms with E-state index in [1.54, 1.807) is 55.6 Å². The lowest BCUT2D eigenvalue weighted by atomic mass is 10.1. The molecule has 0 aliphatic carbocycles. The van der Waals surface area contributed by atoms with E-state index in [1.165, 1.54) is 10.6 Å². The van der Waals surface area contributed by atoms with Crippen molar-refractivity contribution in [1.29, 1.82) is 0 Å². The number of carbonyl (C=O) groups excluding carboxylic acids is 1. The number of aromatic nitrogens is 1. The van der Waals surface area contributed by atoms with Crippen LogP contribution in [-0.2, 0) is 13.2 Å². The molecule has 6 heteroatoms. The van der Waals surface area contributed by atoms with Crippen molar-refractivity contribution in [3.63, 3.8) is 0 Å². The van der Waals surface area contributed by atoms with E-state index in [4.69, 9.17) is 16.3 Å². The molecule has 0 aliphatic rings. The molecule has 144 valence electrons. The molecule has 1 N–H and O–H groups in total. The second-order valence-electron chi connectivity index (χ2n) is 6.46. The summed E-state index contributed by atoms with van der Waals surface area (Å²) < 4.78 is 6.96. The van der Waals surface area contributed by atoms with E-state index in [-0.39, 0.29) is 17.9 Å². The summed E-state index contributed by atoms with van der Waals surface area (Å²) >= 11 is 5.85. The van der Waals surface area contributed by atoms with E-state index < -0.39 is 6.10 Å². The van der Waals surface area contributed by atoms with Crippen LogP contribution in [0.4, 0.5) is 0 Å². The third-order valence-electron chi connectivity index (χ3n) is 4.32. The molecule has 28 heavy (non-hydrogen) atoms. The van der Waals surface area contributed by atoms with Gasteiger partial charge in [0.15, 0.2) is 5.78 Å². The highest BCUT2D eigenvalue weighted by atomic mass is 35.5. The van der Waals surface area contributed by atoms with Crippen LogP contribution < -0.4 is 10.3 Å². The van der Waals surface area contributed by atoms with E-state index in [9.17, 15) is 14.7 Å². The van der Waals surface area contributed by atoms with E-state index in [0.717, 1.165) is 11.1 Å². The van der Waals surface area contributed by atoms with Gasteiger partial charge in [0.2, 0.25) is 0 Å². The van der Waals surface area contributed by atoms with E-state index in [2.05, 4.69) is 0 Å². The zero-order chi connectivity index (χ0) is 20.1. The van der Waals surface area contributed by atoms with Crippen LogP contribution in [0.5, 0.6) is 5.75 Å². The summed E-state index contributed by atoms with van der Waals surface area (Å²) in [7, 11) is 0. The second kappa shape index (κ2) is 8.87. The SMILES string of the molecule is CC(O)c1ccc(C(=O)Cn2ccc(OCc3ccc(Cl)cc3)cc2=O)cc1. The van der Waals surface area contributed by atoms with Crippen LogP contribution in [0.15, 0.2) is 71.7 Å². The maximum absolute atomic E-state index is 12.4. The number of aliphatic hydroxyl groups excluding tert-OH is 1. The van der Waals surface area contributed by atoms with Crippen LogP contribution in [-0.4, -0.2) is 15.5 Å². The molecule has 3 aromatic rings. The predicted molar refractivity (Wildman–Crippen MR) is 108 cm³/mol. The van der Waals surface area contributed by atoms with Crippen molar-refractivity contribution in [2.45, 2.75) is 26.2 Å². The Morgan fingerprint density at radius 1 is 1.11 bits per heavy atom. The molecule has 0 bridgehead atoms. The van der Waals surface area contributed by atoms with E-state index in [0.29, 0.717) is 22.9 Å². The number of carbonyl (C=O) groups is 1. The standard InChI is InChI=1S/C22H20ClNO4/c1-15(25)17-4-6-18(7-5-17)21(26)13-24-11-10-20(12-22(24)27)28-14-16-2-8-19(23)9-3-16/h2-12,15,25H,13-14H2,1H3. The van der Waals surface area contributed by atoms with Gasteiger partial charge >= 0.3 is 0 Å². The molecule has 0 radical (unpaired) electrons. The Labute approximate surface area is 167 Å². The topological polar surface area (TPSA) is 68.5 Å². The normalized spacial score (nSPS) is 11.8. The van der Waals surface area contributed by atoms with Gasteiger partial charge in [-0.1, -0.05) is 48.0 Å². The highest BCUT2D eigenvalue weighted by Gasteiger charge is 2.10. The zero-order valence-electron chi connectivity index (χ0n) is 15.3. The van der Waals surface area contributed by atoms with Crippen molar-refractivity contribution in [3.8, 4) is 5.75 Å². The first-order chi connectivity index (χ1) is 13.4. The Morgan fingerprint density at radius 3 is 2.39 bits per heavy atom. The number of ether oxygens (including phenoxy) is 1. The molecule has 0 amide bonds. The molecule has 0 aliphatic heterocycles. The zero-order valence-corrected chi connectivity index (χ0v) is 16.1. The van der Waals surface area contributed by atoms with Gasteiger partial charge in [-0.15, -0.1) is 0 Å². The number of ketones is 1. The molecule has 2 aromatic carbocycles. The van der Waals surface area contributed by atoms with Gasteiger partial charge in [-0.25, -0.2) is 0 Å². The molecular formula is C22H20ClNO4. The summed E-state index contributed by atoms with van der Waals surface area (Å²) in [5, 5.41) is 10.2. The van der Waals surface area contributed by atoms with Crippen molar-refractivity contribution in [2.75, 3.05) is 0 Å². The third-order valence-corrected chi connectivity index (χ3v) is 4.57. The number of nitrogens with zero attached hydrogens (tertiary/aromatic N) is 1. The molecule has 3 rings (SSSR count). The summed E-state index contributed by atoms with van der Waals surface area (Å²) in [6.45, 7) is 1.91. The quantitative estimate of drug-likeness (QED) is 0.611. The fourth-order valence-corrected chi connectivity index (χ4v) is 2.78. The van der Waals surface area contributed by atoms with Crippen LogP contribution in [0, 0.1) is 0 Å². The Balaban J connectivity index is 1.64. The molecule has 0 fully saturated rings. The minimum absolute atomic E-state index is 0.0652. The number of pyridine rings is 1. The number of aliphatic hydroxyl groups is 1. The molecule has 1 atom stereocenters. The van der Waals surface area contributed by atoms with Gasteiger partial charge in [-0.3, -0.25) is 9.59 Å². The van der Waals surface area contributed by atoms with Crippen molar-refractivity contribution in [1.82, 2.24) is 4.57 Å². The first-order valence-electron chi connectivity index (χ1n) is 8.81. The third kappa shape index (κ3) is 5.09. The number of benzene rings is 2. The lowest BCUT2D eigenvalue weighted by Gasteiger charge is -2.09. The highest BCUT2D eigenvalue weighted by Crippen LogP contribution is 2.15. The van der Waals surface area contributed by atoms with Crippen LogP contribution in [0.1, 0.15) is 34.5 Å². The van der Waals surface area contributed by atoms with E-state index >= 15 is 0 Å². The van der Waals surface area contributed by atoms with Gasteiger partial charge in [0.25, 0.3) is 5.56 Å². The number of Topliss-reactive ketones (excluding diaryl/α,β-unsaturated/α-hetero) is 1. The maximum atomic E-state index is 12.4. The molecule has 1 heterocycles.